The number of benzene rings is 2. The van der Waals surface area contributed by atoms with E-state index >= 15 is 0 Å². The smallest absolute Gasteiger partial charge is 0.338 e. The van der Waals surface area contributed by atoms with Gasteiger partial charge in [0.2, 0.25) is 0 Å². The van der Waals surface area contributed by atoms with Gasteiger partial charge in [-0.3, -0.25) is 10.1 Å². The summed E-state index contributed by atoms with van der Waals surface area (Å²) in [5.41, 5.74) is 4.18. The van der Waals surface area contributed by atoms with E-state index in [-0.39, 0.29) is 12.6 Å². The van der Waals surface area contributed by atoms with Gasteiger partial charge >= 0.3 is 5.97 Å². The van der Waals surface area contributed by atoms with Crippen molar-refractivity contribution in [1.82, 2.24) is 15.2 Å². The number of rotatable bonds is 6. The molecule has 0 aliphatic rings. The minimum atomic E-state index is -0.352. The lowest BCUT2D eigenvalue weighted by molar-refractivity contribution is 0.0473. The van der Waals surface area contributed by atoms with Crippen molar-refractivity contribution in [2.24, 2.45) is 5.92 Å². The topological polar surface area (TPSA) is 79.9 Å². The molecule has 0 fully saturated rings. The first-order chi connectivity index (χ1) is 13.6. The number of anilines is 1. The monoisotopic (exact) mass is 374 g/mol. The zero-order valence-electron chi connectivity index (χ0n) is 15.9. The van der Waals surface area contributed by atoms with Crippen LogP contribution in [0.4, 0.5) is 5.69 Å². The highest BCUT2D eigenvalue weighted by Gasteiger charge is 2.10. The Balaban J connectivity index is 1.48. The zero-order valence-corrected chi connectivity index (χ0v) is 15.9. The third kappa shape index (κ3) is 3.96. The second kappa shape index (κ2) is 7.68. The Morgan fingerprint density at radius 3 is 2.86 bits per heavy atom. The highest BCUT2D eigenvalue weighted by atomic mass is 16.5. The van der Waals surface area contributed by atoms with Crippen LogP contribution in [0.3, 0.4) is 0 Å². The molecule has 0 aliphatic heterocycles. The molecule has 6 nitrogen and oxygen atoms in total. The number of fused-ring (bicyclic) bond motifs is 2. The number of aromatic nitrogens is 3. The Labute approximate surface area is 162 Å². The van der Waals surface area contributed by atoms with Gasteiger partial charge < -0.3 is 10.1 Å². The van der Waals surface area contributed by atoms with E-state index in [9.17, 15) is 4.79 Å². The van der Waals surface area contributed by atoms with Gasteiger partial charge in [-0.25, -0.2) is 4.79 Å². The summed E-state index contributed by atoms with van der Waals surface area (Å²) in [6, 6.07) is 13.2. The molecule has 0 aliphatic carbocycles. The number of esters is 1. The molecule has 0 atom stereocenters. The summed E-state index contributed by atoms with van der Waals surface area (Å²) in [6.07, 6.45) is 3.57. The third-order valence-electron chi connectivity index (χ3n) is 4.51. The molecule has 2 N–H and O–H groups in total. The van der Waals surface area contributed by atoms with Gasteiger partial charge in [0.25, 0.3) is 0 Å². The fourth-order valence-corrected chi connectivity index (χ4v) is 2.99. The van der Waals surface area contributed by atoms with Crippen LogP contribution < -0.4 is 5.32 Å². The van der Waals surface area contributed by atoms with Crippen molar-refractivity contribution in [1.29, 1.82) is 0 Å². The van der Waals surface area contributed by atoms with E-state index in [0.29, 0.717) is 11.5 Å². The Morgan fingerprint density at radius 2 is 2.00 bits per heavy atom. The summed E-state index contributed by atoms with van der Waals surface area (Å²) in [6.45, 7) is 5.39. The third-order valence-corrected chi connectivity index (χ3v) is 4.51. The van der Waals surface area contributed by atoms with Crippen LogP contribution in [0.25, 0.3) is 21.8 Å². The molecular formula is C22H22N4O2. The Bertz CT molecular complexity index is 1130. The van der Waals surface area contributed by atoms with E-state index in [1.54, 1.807) is 12.3 Å². The molecule has 0 radical (unpaired) electrons. The fraction of sp³-hybridized carbons (Fsp3) is 0.227. The number of carbonyl (C=O) groups excluding carboxylic acids is 1. The van der Waals surface area contributed by atoms with E-state index < -0.39 is 0 Å². The van der Waals surface area contributed by atoms with E-state index in [4.69, 9.17) is 4.74 Å². The van der Waals surface area contributed by atoms with Crippen molar-refractivity contribution < 1.29 is 9.53 Å². The van der Waals surface area contributed by atoms with Crippen LogP contribution in [0.1, 0.15) is 29.8 Å². The van der Waals surface area contributed by atoms with Gasteiger partial charge in [-0.2, -0.15) is 5.10 Å². The van der Waals surface area contributed by atoms with Gasteiger partial charge in [0, 0.05) is 17.3 Å². The maximum absolute atomic E-state index is 12.5. The Morgan fingerprint density at radius 1 is 1.11 bits per heavy atom. The van der Waals surface area contributed by atoms with Crippen molar-refractivity contribution >= 4 is 33.5 Å². The summed E-state index contributed by atoms with van der Waals surface area (Å²) in [5, 5.41) is 12.2. The van der Waals surface area contributed by atoms with Crippen LogP contribution in [0, 0.1) is 5.92 Å². The molecule has 0 spiro atoms. The summed E-state index contributed by atoms with van der Waals surface area (Å²) in [5.74, 6) is 0.188. The first kappa shape index (κ1) is 18.0. The van der Waals surface area contributed by atoms with Crippen LogP contribution in [0.2, 0.25) is 0 Å². The van der Waals surface area contributed by atoms with Gasteiger partial charge in [-0.15, -0.1) is 0 Å². The average Bonchev–Trinajstić information content (AvgIpc) is 3.17. The number of hydrogen-bond acceptors (Lipinski definition) is 5. The molecule has 6 heteroatoms. The van der Waals surface area contributed by atoms with Crippen LogP contribution in [-0.2, 0) is 11.3 Å². The second-order valence-electron chi connectivity index (χ2n) is 7.27. The van der Waals surface area contributed by atoms with Gasteiger partial charge in [0.05, 0.1) is 34.7 Å². The first-order valence-electron chi connectivity index (χ1n) is 9.31. The minimum absolute atomic E-state index is 0.215. The average molecular weight is 374 g/mol. The van der Waals surface area contributed by atoms with Crippen molar-refractivity contribution in [3.05, 3.63) is 66.0 Å². The summed E-state index contributed by atoms with van der Waals surface area (Å²) >= 11 is 0. The first-order valence-corrected chi connectivity index (χ1v) is 9.31. The van der Waals surface area contributed by atoms with Gasteiger partial charge in [0.1, 0.15) is 6.61 Å². The Kier molecular flexibility index (Phi) is 4.93. The van der Waals surface area contributed by atoms with Crippen molar-refractivity contribution in [3.63, 3.8) is 0 Å². The molecule has 0 saturated heterocycles. The maximum Gasteiger partial charge on any atom is 0.338 e. The van der Waals surface area contributed by atoms with E-state index in [0.717, 1.165) is 39.6 Å². The maximum atomic E-state index is 12.5. The van der Waals surface area contributed by atoms with Gasteiger partial charge in [-0.1, -0.05) is 19.9 Å². The molecule has 2 heterocycles. The standard InChI is InChI=1S/C22H22N4O2/c1-14(2)10-23-19-9-17-8-16(4-6-20(17)24-12-19)22(27)28-13-15-3-5-21-18(7-15)11-25-26-21/h3-9,11-12,14,23H,10,13H2,1-2H3,(H,25,26). The number of nitrogens with zero attached hydrogens (tertiary/aromatic N) is 2. The Hall–Kier alpha value is -3.41. The van der Waals surface area contributed by atoms with Crippen molar-refractivity contribution in [2.75, 3.05) is 11.9 Å². The number of pyridine rings is 1. The van der Waals surface area contributed by atoms with Gasteiger partial charge in [0.15, 0.2) is 0 Å². The van der Waals surface area contributed by atoms with Crippen LogP contribution in [-0.4, -0.2) is 27.7 Å². The lowest BCUT2D eigenvalue weighted by Gasteiger charge is -2.10. The highest BCUT2D eigenvalue weighted by Crippen LogP contribution is 2.20. The molecule has 2 aromatic heterocycles. The van der Waals surface area contributed by atoms with Crippen LogP contribution in [0.15, 0.2) is 54.9 Å². The highest BCUT2D eigenvalue weighted by molar-refractivity contribution is 5.95. The quantitative estimate of drug-likeness (QED) is 0.485. The second-order valence-corrected chi connectivity index (χ2v) is 7.27. The SMILES string of the molecule is CC(C)CNc1cnc2ccc(C(=O)OCc3ccc4[nH]ncc4c3)cc2c1. The molecule has 142 valence electrons. The fourth-order valence-electron chi connectivity index (χ4n) is 2.99. The summed E-state index contributed by atoms with van der Waals surface area (Å²) in [4.78, 5) is 17.0. The number of aromatic amines is 1. The van der Waals surface area contributed by atoms with Crippen LogP contribution >= 0.6 is 0 Å². The summed E-state index contributed by atoms with van der Waals surface area (Å²) in [7, 11) is 0. The van der Waals surface area contributed by atoms with Crippen molar-refractivity contribution in [3.8, 4) is 0 Å². The van der Waals surface area contributed by atoms with Gasteiger partial charge in [-0.05, 0) is 47.9 Å². The molecule has 0 amide bonds. The lowest BCUT2D eigenvalue weighted by atomic mass is 10.1. The van der Waals surface area contributed by atoms with Crippen molar-refractivity contribution in [2.45, 2.75) is 20.5 Å². The molecule has 2 aromatic carbocycles. The number of carbonyl (C=O) groups is 1. The number of nitrogens with one attached hydrogen (secondary N) is 2. The zero-order chi connectivity index (χ0) is 19.5. The normalized spacial score (nSPS) is 11.2. The minimum Gasteiger partial charge on any atom is -0.457 e. The van der Waals surface area contributed by atoms with E-state index in [1.165, 1.54) is 0 Å². The molecule has 0 unspecified atom stereocenters. The molecule has 4 aromatic rings. The molecular weight excluding hydrogens is 352 g/mol. The number of ether oxygens (including phenoxy) is 1. The largest absolute Gasteiger partial charge is 0.457 e. The van der Waals surface area contributed by atoms with Crippen LogP contribution in [0.5, 0.6) is 0 Å². The summed E-state index contributed by atoms with van der Waals surface area (Å²) < 4.78 is 5.49. The number of hydrogen-bond donors (Lipinski definition) is 2. The molecule has 28 heavy (non-hydrogen) atoms. The lowest BCUT2D eigenvalue weighted by Crippen LogP contribution is -2.08. The molecule has 0 bridgehead atoms. The predicted octanol–water partition coefficient (Wildman–Crippen LogP) is 4.54. The van der Waals surface area contributed by atoms with E-state index in [2.05, 4.69) is 34.3 Å². The predicted molar refractivity (Wildman–Crippen MR) is 110 cm³/mol. The van der Waals surface area contributed by atoms with E-state index in [1.807, 2.05) is 42.6 Å². The molecule has 4 rings (SSSR count). The number of H-pyrrole nitrogens is 1. The molecule has 0 saturated carbocycles.